The van der Waals surface area contributed by atoms with Gasteiger partial charge in [0.2, 0.25) is 11.0 Å². The van der Waals surface area contributed by atoms with Crippen molar-refractivity contribution < 1.29 is 4.74 Å². The summed E-state index contributed by atoms with van der Waals surface area (Å²) in [5.74, 6) is 1.59. The number of hydrogen-bond acceptors (Lipinski definition) is 4. The van der Waals surface area contributed by atoms with Gasteiger partial charge in [0.15, 0.2) is 0 Å². The second-order valence-corrected chi connectivity index (χ2v) is 3.92. The van der Waals surface area contributed by atoms with Crippen LogP contribution in [0.15, 0.2) is 41.9 Å². The molecule has 0 bridgehead atoms. The van der Waals surface area contributed by atoms with Crippen molar-refractivity contribution in [2.75, 3.05) is 18.1 Å². The number of nitrogens with zero attached hydrogens (tertiary/aromatic N) is 3. The van der Waals surface area contributed by atoms with Gasteiger partial charge in [-0.25, -0.2) is 9.97 Å². The number of allylic oxidation sites excluding steroid dienone is 4. The minimum absolute atomic E-state index is 0.248. The molecular weight excluding hydrogens is 238 g/mol. The Morgan fingerprint density at radius 1 is 1.47 bits per heavy atom. The van der Waals surface area contributed by atoms with E-state index in [-0.39, 0.29) is 5.28 Å². The maximum absolute atomic E-state index is 5.80. The van der Waals surface area contributed by atoms with Gasteiger partial charge in [-0.3, -0.25) is 4.90 Å². The lowest BCUT2D eigenvalue weighted by atomic mass is 10.2. The molecule has 2 aliphatic rings. The van der Waals surface area contributed by atoms with Crippen LogP contribution in [0.4, 0.5) is 5.82 Å². The Morgan fingerprint density at radius 3 is 3.29 bits per heavy atom. The van der Waals surface area contributed by atoms with Crippen molar-refractivity contribution in [3.8, 4) is 0 Å². The number of ether oxygens (including phenoxy) is 1. The van der Waals surface area contributed by atoms with E-state index in [1.165, 1.54) is 0 Å². The van der Waals surface area contributed by atoms with Gasteiger partial charge in [-0.05, 0) is 17.7 Å². The van der Waals surface area contributed by atoms with Gasteiger partial charge in [0, 0.05) is 12.3 Å². The van der Waals surface area contributed by atoms with Crippen molar-refractivity contribution in [1.82, 2.24) is 9.97 Å². The zero-order valence-electron chi connectivity index (χ0n) is 8.93. The van der Waals surface area contributed by atoms with Crippen LogP contribution in [0.25, 0.3) is 0 Å². The van der Waals surface area contributed by atoms with E-state index in [9.17, 15) is 0 Å². The smallest absolute Gasteiger partial charge is 0.258 e. The Labute approximate surface area is 104 Å². The Bertz CT molecular complexity index is 536. The SMILES string of the molecule is Clc1nccc(N2CCOC3=C2C=C[C+]=C3)n1. The van der Waals surface area contributed by atoms with E-state index >= 15 is 0 Å². The summed E-state index contributed by atoms with van der Waals surface area (Å²) in [7, 11) is 0. The number of aromatic nitrogens is 2. The highest BCUT2D eigenvalue weighted by molar-refractivity contribution is 6.28. The van der Waals surface area contributed by atoms with Gasteiger partial charge in [-0.15, -0.1) is 0 Å². The molecule has 4 nitrogen and oxygen atoms in total. The fraction of sp³-hybridized carbons (Fsp3) is 0.167. The molecule has 1 aromatic rings. The molecule has 0 N–H and O–H groups in total. The molecule has 0 saturated carbocycles. The molecule has 2 heterocycles. The van der Waals surface area contributed by atoms with Gasteiger partial charge in [-0.1, -0.05) is 0 Å². The molecule has 84 valence electrons. The van der Waals surface area contributed by atoms with E-state index < -0.39 is 0 Å². The quantitative estimate of drug-likeness (QED) is 0.562. The number of anilines is 1. The summed E-state index contributed by atoms with van der Waals surface area (Å²) in [6, 6.07) is 1.83. The zero-order valence-corrected chi connectivity index (χ0v) is 9.68. The van der Waals surface area contributed by atoms with E-state index in [0.717, 1.165) is 23.8 Å². The summed E-state index contributed by atoms with van der Waals surface area (Å²) < 4.78 is 5.56. The first-order valence-corrected chi connectivity index (χ1v) is 5.61. The summed E-state index contributed by atoms with van der Waals surface area (Å²) in [5, 5.41) is 0.248. The fourth-order valence-corrected chi connectivity index (χ4v) is 1.97. The summed E-state index contributed by atoms with van der Waals surface area (Å²) in [6.45, 7) is 1.36. The van der Waals surface area contributed by atoms with Crippen molar-refractivity contribution in [3.63, 3.8) is 0 Å². The maximum Gasteiger partial charge on any atom is 0.258 e. The van der Waals surface area contributed by atoms with Crippen molar-refractivity contribution >= 4 is 17.4 Å². The highest BCUT2D eigenvalue weighted by Crippen LogP contribution is 2.26. The summed E-state index contributed by atoms with van der Waals surface area (Å²) in [6.07, 6.45) is 10.3. The number of rotatable bonds is 1. The molecule has 0 amide bonds. The van der Waals surface area contributed by atoms with Crippen LogP contribution in [0.3, 0.4) is 0 Å². The molecule has 3 rings (SSSR count). The lowest BCUT2D eigenvalue weighted by Crippen LogP contribution is -2.32. The molecule has 0 atom stereocenters. The van der Waals surface area contributed by atoms with Gasteiger partial charge < -0.3 is 4.74 Å². The lowest BCUT2D eigenvalue weighted by Gasteiger charge is -2.26. The molecule has 0 saturated heterocycles. The predicted molar refractivity (Wildman–Crippen MR) is 64.3 cm³/mol. The molecule has 0 unspecified atom stereocenters. The van der Waals surface area contributed by atoms with E-state index in [1.807, 2.05) is 24.3 Å². The third-order valence-corrected chi connectivity index (χ3v) is 2.74. The van der Waals surface area contributed by atoms with Crippen molar-refractivity contribution in [2.24, 2.45) is 0 Å². The molecule has 1 aliphatic heterocycles. The Morgan fingerprint density at radius 2 is 2.41 bits per heavy atom. The second kappa shape index (κ2) is 4.17. The minimum Gasteiger partial charge on any atom is -0.430 e. The van der Waals surface area contributed by atoms with E-state index in [2.05, 4.69) is 20.9 Å². The molecule has 1 aliphatic carbocycles. The van der Waals surface area contributed by atoms with Gasteiger partial charge in [0.25, 0.3) is 5.76 Å². The minimum atomic E-state index is 0.248. The number of halogens is 1. The first-order chi connectivity index (χ1) is 8.34. The lowest BCUT2D eigenvalue weighted by molar-refractivity contribution is 0.214. The van der Waals surface area contributed by atoms with Crippen LogP contribution in [0.1, 0.15) is 0 Å². The Hall–Kier alpha value is -1.90. The van der Waals surface area contributed by atoms with Crippen LogP contribution in [0.2, 0.25) is 5.28 Å². The van der Waals surface area contributed by atoms with Crippen LogP contribution in [0.5, 0.6) is 0 Å². The van der Waals surface area contributed by atoms with Crippen LogP contribution < -0.4 is 4.90 Å². The highest BCUT2D eigenvalue weighted by atomic mass is 35.5. The predicted octanol–water partition coefficient (Wildman–Crippen LogP) is 2.11. The first kappa shape index (κ1) is 10.3. The third-order valence-electron chi connectivity index (χ3n) is 2.56. The maximum atomic E-state index is 5.80. The average Bonchev–Trinajstić information content (AvgIpc) is 2.38. The van der Waals surface area contributed by atoms with Gasteiger partial charge >= 0.3 is 0 Å². The van der Waals surface area contributed by atoms with Crippen molar-refractivity contribution in [1.29, 1.82) is 0 Å². The van der Waals surface area contributed by atoms with Crippen LogP contribution in [0, 0.1) is 6.08 Å². The normalized spacial score (nSPS) is 17.6. The van der Waals surface area contributed by atoms with E-state index in [0.29, 0.717) is 6.61 Å². The average molecular weight is 247 g/mol. The molecular formula is C12H9ClN3O+. The van der Waals surface area contributed by atoms with E-state index in [4.69, 9.17) is 16.3 Å². The molecule has 0 aromatic carbocycles. The zero-order chi connectivity index (χ0) is 11.7. The molecule has 0 radical (unpaired) electrons. The van der Waals surface area contributed by atoms with Crippen molar-refractivity contribution in [3.05, 3.63) is 53.3 Å². The van der Waals surface area contributed by atoms with Crippen LogP contribution in [-0.2, 0) is 4.74 Å². The molecule has 0 spiro atoms. The Balaban J connectivity index is 2.03. The summed E-state index contributed by atoms with van der Waals surface area (Å²) >= 11 is 5.80. The van der Waals surface area contributed by atoms with Crippen molar-refractivity contribution in [2.45, 2.75) is 0 Å². The van der Waals surface area contributed by atoms with Gasteiger partial charge in [0.1, 0.15) is 24.6 Å². The van der Waals surface area contributed by atoms with Gasteiger partial charge in [-0.2, -0.15) is 0 Å². The second-order valence-electron chi connectivity index (χ2n) is 3.58. The molecule has 5 heteroatoms. The number of hydrogen-bond donors (Lipinski definition) is 0. The van der Waals surface area contributed by atoms with Gasteiger partial charge in [0.05, 0.1) is 12.6 Å². The standard InChI is InChI=1S/C12H9ClN3O/c13-12-14-6-5-11(15-12)16-7-8-17-10-4-2-1-3-9(10)16/h1,3-6H,7-8H2/q+1. The fourth-order valence-electron chi connectivity index (χ4n) is 1.83. The molecule has 0 fully saturated rings. The van der Waals surface area contributed by atoms with Crippen LogP contribution in [-0.4, -0.2) is 23.1 Å². The highest BCUT2D eigenvalue weighted by Gasteiger charge is 2.28. The molecule has 17 heavy (non-hydrogen) atoms. The molecule has 1 aromatic heterocycles. The topological polar surface area (TPSA) is 38.2 Å². The first-order valence-electron chi connectivity index (χ1n) is 5.23. The summed E-state index contributed by atoms with van der Waals surface area (Å²) in [5.41, 5.74) is 0.977. The Kier molecular flexibility index (Phi) is 2.52. The monoisotopic (exact) mass is 246 g/mol. The van der Waals surface area contributed by atoms with Crippen LogP contribution >= 0.6 is 11.6 Å². The largest absolute Gasteiger partial charge is 0.430 e. The van der Waals surface area contributed by atoms with E-state index in [1.54, 1.807) is 6.20 Å². The third kappa shape index (κ3) is 1.88. The summed E-state index contributed by atoms with van der Waals surface area (Å²) in [4.78, 5) is 10.1.